The Bertz CT molecular complexity index is 460. The van der Waals surface area contributed by atoms with Gasteiger partial charge in [0.1, 0.15) is 0 Å². The largest absolute Gasteiger partial charge is 0.335 e. The van der Waals surface area contributed by atoms with E-state index in [2.05, 4.69) is 22.1 Å². The molecule has 0 spiro atoms. The van der Waals surface area contributed by atoms with Crippen molar-refractivity contribution >= 4 is 6.03 Å². The Morgan fingerprint density at radius 2 is 2.38 bits per heavy atom. The van der Waals surface area contributed by atoms with Gasteiger partial charge in [-0.1, -0.05) is 6.08 Å². The van der Waals surface area contributed by atoms with Gasteiger partial charge in [-0.2, -0.15) is 0 Å². The summed E-state index contributed by atoms with van der Waals surface area (Å²) in [7, 11) is 0. The molecule has 16 heavy (non-hydrogen) atoms. The topological polar surface area (TPSA) is 81.0 Å². The summed E-state index contributed by atoms with van der Waals surface area (Å²) in [5.41, 5.74) is 1.41. The number of H-pyrrole nitrogens is 2. The molecule has 0 atom stereocenters. The molecule has 3 N–H and O–H groups in total. The molecular weight excluding hydrogens is 208 g/mol. The van der Waals surface area contributed by atoms with E-state index in [1.807, 2.05) is 0 Å². The van der Waals surface area contributed by atoms with E-state index in [1.165, 1.54) is 0 Å². The predicted octanol–water partition coefficient (Wildman–Crippen LogP) is -0.0433. The molecule has 1 aliphatic heterocycles. The van der Waals surface area contributed by atoms with E-state index in [1.54, 1.807) is 11.0 Å². The molecule has 0 saturated heterocycles. The number of hydrogen-bond acceptors (Lipinski definition) is 2. The molecule has 6 heteroatoms. The fourth-order valence-electron chi connectivity index (χ4n) is 1.76. The lowest BCUT2D eigenvalue weighted by Gasteiger charge is -2.26. The zero-order valence-corrected chi connectivity index (χ0v) is 8.88. The third kappa shape index (κ3) is 1.86. The minimum absolute atomic E-state index is 0.142. The van der Waals surface area contributed by atoms with Crippen LogP contribution in [0.15, 0.2) is 17.4 Å². The number of aromatic amines is 2. The first kappa shape index (κ1) is 10.5. The lowest BCUT2D eigenvalue weighted by atomic mass is 10.1. The van der Waals surface area contributed by atoms with Crippen LogP contribution < -0.4 is 10.9 Å². The first-order valence-electron chi connectivity index (χ1n) is 5.14. The highest BCUT2D eigenvalue weighted by Gasteiger charge is 2.23. The molecule has 0 fully saturated rings. The van der Waals surface area contributed by atoms with Crippen molar-refractivity contribution in [2.45, 2.75) is 13.0 Å². The highest BCUT2D eigenvalue weighted by Crippen LogP contribution is 2.12. The van der Waals surface area contributed by atoms with Crippen LogP contribution in [-0.2, 0) is 13.0 Å². The van der Waals surface area contributed by atoms with Crippen molar-refractivity contribution in [3.63, 3.8) is 0 Å². The second kappa shape index (κ2) is 4.26. The van der Waals surface area contributed by atoms with E-state index in [0.717, 1.165) is 5.69 Å². The number of nitrogens with zero attached hydrogens (tertiary/aromatic N) is 1. The SMILES string of the molecule is C=CCNC(=O)N1CCc2[nH][nH]c(=O)c2C1. The van der Waals surface area contributed by atoms with E-state index in [0.29, 0.717) is 31.6 Å². The standard InChI is InChI=1S/C10H14N4O2/c1-2-4-11-10(16)14-5-3-8-7(6-14)9(15)13-12-8/h2H,1,3-6H2,(H,11,16)(H2,12,13,15). The summed E-state index contributed by atoms with van der Waals surface area (Å²) < 4.78 is 0. The van der Waals surface area contributed by atoms with Crippen molar-refractivity contribution in [2.75, 3.05) is 13.1 Å². The molecule has 2 rings (SSSR count). The van der Waals surface area contributed by atoms with E-state index in [9.17, 15) is 9.59 Å². The van der Waals surface area contributed by atoms with Crippen molar-refractivity contribution < 1.29 is 4.79 Å². The number of hydrogen-bond donors (Lipinski definition) is 3. The molecule has 0 bridgehead atoms. The zero-order valence-electron chi connectivity index (χ0n) is 8.88. The Labute approximate surface area is 92.3 Å². The van der Waals surface area contributed by atoms with Crippen molar-refractivity contribution in [3.8, 4) is 0 Å². The number of nitrogens with one attached hydrogen (secondary N) is 3. The van der Waals surface area contributed by atoms with Gasteiger partial charge in [0.25, 0.3) is 5.56 Å². The Balaban J connectivity index is 2.07. The Morgan fingerprint density at radius 3 is 3.12 bits per heavy atom. The Hall–Kier alpha value is -1.98. The normalized spacial score (nSPS) is 14.4. The maximum Gasteiger partial charge on any atom is 0.317 e. The van der Waals surface area contributed by atoms with Crippen LogP contribution in [0.4, 0.5) is 4.79 Å². The van der Waals surface area contributed by atoms with Gasteiger partial charge in [-0.05, 0) is 0 Å². The average Bonchev–Trinajstić information content (AvgIpc) is 2.67. The minimum atomic E-state index is -0.161. The predicted molar refractivity (Wildman–Crippen MR) is 59.1 cm³/mol. The summed E-state index contributed by atoms with van der Waals surface area (Å²) in [5.74, 6) is 0. The highest BCUT2D eigenvalue weighted by molar-refractivity contribution is 5.74. The van der Waals surface area contributed by atoms with Gasteiger partial charge in [0, 0.05) is 25.2 Å². The monoisotopic (exact) mass is 222 g/mol. The number of amides is 2. The van der Waals surface area contributed by atoms with Crippen LogP contribution >= 0.6 is 0 Å². The van der Waals surface area contributed by atoms with Crippen molar-refractivity contribution in [3.05, 3.63) is 34.3 Å². The molecule has 0 radical (unpaired) electrons. The number of fused-ring (bicyclic) bond motifs is 1. The molecule has 1 aromatic rings. The summed E-state index contributed by atoms with van der Waals surface area (Å²) in [6, 6.07) is -0.161. The smallest absolute Gasteiger partial charge is 0.317 e. The van der Waals surface area contributed by atoms with Gasteiger partial charge < -0.3 is 15.3 Å². The maximum absolute atomic E-state index is 11.6. The van der Waals surface area contributed by atoms with Gasteiger partial charge in [-0.15, -0.1) is 6.58 Å². The third-order valence-electron chi connectivity index (χ3n) is 2.63. The first-order valence-corrected chi connectivity index (χ1v) is 5.14. The van der Waals surface area contributed by atoms with E-state index < -0.39 is 0 Å². The maximum atomic E-state index is 11.6. The molecular formula is C10H14N4O2. The van der Waals surface area contributed by atoms with Gasteiger partial charge in [0.2, 0.25) is 0 Å². The second-order valence-corrected chi connectivity index (χ2v) is 3.68. The van der Waals surface area contributed by atoms with Gasteiger partial charge in [0.15, 0.2) is 0 Å². The van der Waals surface area contributed by atoms with Crippen LogP contribution in [0.3, 0.4) is 0 Å². The van der Waals surface area contributed by atoms with Crippen molar-refractivity contribution in [1.29, 1.82) is 0 Å². The third-order valence-corrected chi connectivity index (χ3v) is 2.63. The summed E-state index contributed by atoms with van der Waals surface area (Å²) in [6.07, 6.45) is 2.30. The quantitative estimate of drug-likeness (QED) is 0.613. The number of carbonyl (C=O) groups excluding carboxylic acids is 1. The molecule has 1 aromatic heterocycles. The van der Waals surface area contributed by atoms with E-state index >= 15 is 0 Å². The van der Waals surface area contributed by atoms with Gasteiger partial charge in [-0.25, -0.2) is 4.79 Å². The molecule has 86 valence electrons. The average molecular weight is 222 g/mol. The molecule has 0 aromatic carbocycles. The fraction of sp³-hybridized carbons (Fsp3) is 0.400. The lowest BCUT2D eigenvalue weighted by Crippen LogP contribution is -2.43. The highest BCUT2D eigenvalue weighted by atomic mass is 16.2. The van der Waals surface area contributed by atoms with Crippen LogP contribution in [0.25, 0.3) is 0 Å². The molecule has 0 unspecified atom stereocenters. The number of carbonyl (C=O) groups is 1. The minimum Gasteiger partial charge on any atom is -0.335 e. The second-order valence-electron chi connectivity index (χ2n) is 3.68. The van der Waals surface area contributed by atoms with Crippen LogP contribution in [0.2, 0.25) is 0 Å². The van der Waals surface area contributed by atoms with Crippen LogP contribution in [-0.4, -0.2) is 34.2 Å². The van der Waals surface area contributed by atoms with Gasteiger partial charge in [-0.3, -0.25) is 9.89 Å². The Kier molecular flexibility index (Phi) is 2.80. The summed E-state index contributed by atoms with van der Waals surface area (Å²) in [4.78, 5) is 24.6. The Morgan fingerprint density at radius 1 is 1.56 bits per heavy atom. The van der Waals surface area contributed by atoms with Gasteiger partial charge >= 0.3 is 6.03 Å². The summed E-state index contributed by atoms with van der Waals surface area (Å²) in [6.45, 7) is 4.94. The van der Waals surface area contributed by atoms with Crippen molar-refractivity contribution in [1.82, 2.24) is 20.4 Å². The fourth-order valence-corrected chi connectivity index (χ4v) is 1.76. The molecule has 2 heterocycles. The van der Waals surface area contributed by atoms with Gasteiger partial charge in [0.05, 0.1) is 12.1 Å². The molecule has 2 amide bonds. The first-order chi connectivity index (χ1) is 7.72. The lowest BCUT2D eigenvalue weighted by molar-refractivity contribution is 0.193. The summed E-state index contributed by atoms with van der Waals surface area (Å²) in [5, 5.41) is 8.03. The van der Waals surface area contributed by atoms with E-state index in [4.69, 9.17) is 0 Å². The van der Waals surface area contributed by atoms with E-state index in [-0.39, 0.29) is 11.6 Å². The molecule has 1 aliphatic rings. The summed E-state index contributed by atoms with van der Waals surface area (Å²) >= 11 is 0. The molecule has 0 saturated carbocycles. The molecule has 0 aliphatic carbocycles. The van der Waals surface area contributed by atoms with Crippen LogP contribution in [0.1, 0.15) is 11.3 Å². The van der Waals surface area contributed by atoms with Crippen LogP contribution in [0, 0.1) is 0 Å². The number of rotatable bonds is 2. The van der Waals surface area contributed by atoms with Crippen molar-refractivity contribution in [2.24, 2.45) is 0 Å². The number of urea groups is 1. The van der Waals surface area contributed by atoms with Crippen LogP contribution in [0.5, 0.6) is 0 Å². The molecule has 6 nitrogen and oxygen atoms in total. The zero-order chi connectivity index (χ0) is 11.5. The number of aromatic nitrogens is 2.